The maximum absolute atomic E-state index is 11.7. The van der Waals surface area contributed by atoms with Crippen LogP contribution in [0.2, 0.25) is 0 Å². The van der Waals surface area contributed by atoms with Crippen LogP contribution >= 0.6 is 0 Å². The Morgan fingerprint density at radius 1 is 1.33 bits per heavy atom. The summed E-state index contributed by atoms with van der Waals surface area (Å²) in [6.45, 7) is 7.00. The van der Waals surface area contributed by atoms with E-state index in [0.29, 0.717) is 19.5 Å². The summed E-state index contributed by atoms with van der Waals surface area (Å²) >= 11 is 0. The van der Waals surface area contributed by atoms with Crippen LogP contribution in [0.3, 0.4) is 0 Å². The van der Waals surface area contributed by atoms with Gasteiger partial charge >= 0.3 is 0 Å². The summed E-state index contributed by atoms with van der Waals surface area (Å²) in [6.07, 6.45) is 1.46. The van der Waals surface area contributed by atoms with Crippen LogP contribution in [0, 0.1) is 11.3 Å². The fraction of sp³-hybridized carbons (Fsp3) is 0.818. The van der Waals surface area contributed by atoms with Crippen molar-refractivity contribution in [2.24, 2.45) is 0 Å². The Morgan fingerprint density at radius 2 is 2.00 bits per heavy atom. The van der Waals surface area contributed by atoms with Crippen molar-refractivity contribution in [3.05, 3.63) is 0 Å². The van der Waals surface area contributed by atoms with Gasteiger partial charge in [0, 0.05) is 13.6 Å². The molecule has 0 saturated heterocycles. The largest absolute Gasteiger partial charge is 0.344 e. The lowest BCUT2D eigenvalue weighted by Crippen LogP contribution is -2.39. The molecular weight excluding hydrogens is 190 g/mol. The quantitative estimate of drug-likeness (QED) is 0.633. The molecule has 0 rings (SSSR count). The summed E-state index contributed by atoms with van der Waals surface area (Å²) < 4.78 is 0. The highest BCUT2D eigenvalue weighted by atomic mass is 16.2. The fourth-order valence-electron chi connectivity index (χ4n) is 1.32. The number of nitrogens with zero attached hydrogens (tertiary/aromatic N) is 3. The van der Waals surface area contributed by atoms with Gasteiger partial charge in [-0.15, -0.1) is 0 Å². The molecule has 0 fully saturated rings. The monoisotopic (exact) mass is 211 g/mol. The van der Waals surface area contributed by atoms with E-state index in [9.17, 15) is 4.79 Å². The van der Waals surface area contributed by atoms with Crippen LogP contribution in [0.25, 0.3) is 0 Å². The van der Waals surface area contributed by atoms with Crippen LogP contribution in [-0.2, 0) is 4.79 Å². The molecule has 15 heavy (non-hydrogen) atoms. The Labute approximate surface area is 92.5 Å². The summed E-state index contributed by atoms with van der Waals surface area (Å²) in [6, 6.07) is 2.04. The Morgan fingerprint density at radius 3 is 2.47 bits per heavy atom. The Balaban J connectivity index is 3.93. The molecule has 0 aliphatic heterocycles. The number of hydrogen-bond donors (Lipinski definition) is 0. The van der Waals surface area contributed by atoms with E-state index in [4.69, 9.17) is 5.26 Å². The van der Waals surface area contributed by atoms with Crippen LogP contribution in [0.4, 0.5) is 0 Å². The molecule has 4 heteroatoms. The molecular formula is C11H21N3O. The Hall–Kier alpha value is -1.08. The van der Waals surface area contributed by atoms with Gasteiger partial charge in [0.1, 0.15) is 0 Å². The van der Waals surface area contributed by atoms with Gasteiger partial charge in [-0.05, 0) is 19.5 Å². The van der Waals surface area contributed by atoms with Gasteiger partial charge in [0.05, 0.1) is 19.0 Å². The standard InChI is InChI=1S/C11H21N3O/c1-4-8-14(5-2)10-11(15)13(3)9-6-7-12/h4-6,8-10H2,1-3H3. The molecule has 0 atom stereocenters. The van der Waals surface area contributed by atoms with E-state index in [1.165, 1.54) is 0 Å². The smallest absolute Gasteiger partial charge is 0.236 e. The third-order valence-electron chi connectivity index (χ3n) is 2.33. The summed E-state index contributed by atoms with van der Waals surface area (Å²) in [5, 5.41) is 8.41. The second-order valence-electron chi connectivity index (χ2n) is 3.59. The van der Waals surface area contributed by atoms with Gasteiger partial charge in [0.15, 0.2) is 0 Å². The molecule has 0 N–H and O–H groups in total. The third-order valence-corrected chi connectivity index (χ3v) is 2.33. The minimum atomic E-state index is 0.0977. The molecule has 0 aromatic rings. The topological polar surface area (TPSA) is 47.3 Å². The van der Waals surface area contributed by atoms with Gasteiger partial charge in [-0.1, -0.05) is 13.8 Å². The average molecular weight is 211 g/mol. The predicted octanol–water partition coefficient (Wildman–Crippen LogP) is 1.09. The van der Waals surface area contributed by atoms with Crippen molar-refractivity contribution in [3.63, 3.8) is 0 Å². The molecule has 0 saturated carbocycles. The van der Waals surface area contributed by atoms with Crippen molar-refractivity contribution in [1.29, 1.82) is 5.26 Å². The number of likely N-dealkylation sites (N-methyl/N-ethyl adjacent to an activating group) is 2. The lowest BCUT2D eigenvalue weighted by molar-refractivity contribution is -0.131. The molecule has 0 aromatic heterocycles. The highest BCUT2D eigenvalue weighted by molar-refractivity contribution is 5.77. The second-order valence-corrected chi connectivity index (χ2v) is 3.59. The number of amides is 1. The Bertz CT molecular complexity index is 222. The molecule has 0 aliphatic rings. The van der Waals surface area contributed by atoms with Crippen LogP contribution < -0.4 is 0 Å². The van der Waals surface area contributed by atoms with E-state index in [0.717, 1.165) is 19.5 Å². The van der Waals surface area contributed by atoms with Crippen molar-refractivity contribution in [1.82, 2.24) is 9.80 Å². The molecule has 0 aliphatic carbocycles. The lowest BCUT2D eigenvalue weighted by atomic mass is 10.3. The molecule has 0 spiro atoms. The van der Waals surface area contributed by atoms with Gasteiger partial charge in [0.25, 0.3) is 0 Å². The zero-order valence-electron chi connectivity index (χ0n) is 9.99. The maximum Gasteiger partial charge on any atom is 0.236 e. The minimum absolute atomic E-state index is 0.0977. The maximum atomic E-state index is 11.7. The highest BCUT2D eigenvalue weighted by Crippen LogP contribution is 1.95. The van der Waals surface area contributed by atoms with Gasteiger partial charge in [-0.2, -0.15) is 5.26 Å². The molecule has 4 nitrogen and oxygen atoms in total. The number of carbonyl (C=O) groups excluding carboxylic acids is 1. The number of carbonyl (C=O) groups is 1. The number of nitriles is 1. The summed E-state index contributed by atoms with van der Waals surface area (Å²) in [4.78, 5) is 15.4. The van der Waals surface area contributed by atoms with Gasteiger partial charge < -0.3 is 4.90 Å². The molecule has 0 bridgehead atoms. The van der Waals surface area contributed by atoms with Gasteiger partial charge in [-0.3, -0.25) is 9.69 Å². The first-order valence-electron chi connectivity index (χ1n) is 5.48. The van der Waals surface area contributed by atoms with Crippen molar-refractivity contribution in [2.45, 2.75) is 26.7 Å². The normalized spacial score (nSPS) is 10.1. The van der Waals surface area contributed by atoms with E-state index < -0.39 is 0 Å². The summed E-state index contributed by atoms with van der Waals surface area (Å²) in [7, 11) is 1.75. The molecule has 0 heterocycles. The first-order valence-corrected chi connectivity index (χ1v) is 5.48. The van der Waals surface area contributed by atoms with E-state index in [1.54, 1.807) is 11.9 Å². The van der Waals surface area contributed by atoms with Crippen molar-refractivity contribution in [2.75, 3.05) is 33.2 Å². The summed E-state index contributed by atoms with van der Waals surface area (Å²) in [5.74, 6) is 0.0977. The third kappa shape index (κ3) is 6.08. The SMILES string of the molecule is CCCN(CC)CC(=O)N(C)CCC#N. The minimum Gasteiger partial charge on any atom is -0.344 e. The number of hydrogen-bond acceptors (Lipinski definition) is 3. The van der Waals surface area contributed by atoms with Crippen LogP contribution in [0.15, 0.2) is 0 Å². The van der Waals surface area contributed by atoms with E-state index in [1.807, 2.05) is 6.07 Å². The molecule has 0 radical (unpaired) electrons. The zero-order valence-corrected chi connectivity index (χ0v) is 9.99. The van der Waals surface area contributed by atoms with Crippen LogP contribution in [0.1, 0.15) is 26.7 Å². The lowest BCUT2D eigenvalue weighted by Gasteiger charge is -2.22. The zero-order chi connectivity index (χ0) is 11.7. The predicted molar refractivity (Wildman–Crippen MR) is 60.3 cm³/mol. The van der Waals surface area contributed by atoms with Crippen LogP contribution in [-0.4, -0.2) is 48.9 Å². The molecule has 1 amide bonds. The van der Waals surface area contributed by atoms with Crippen molar-refractivity contribution in [3.8, 4) is 6.07 Å². The highest BCUT2D eigenvalue weighted by Gasteiger charge is 2.11. The number of rotatable bonds is 7. The molecule has 0 unspecified atom stereocenters. The average Bonchev–Trinajstić information content (AvgIpc) is 2.24. The van der Waals surface area contributed by atoms with Crippen molar-refractivity contribution >= 4 is 5.91 Å². The van der Waals surface area contributed by atoms with E-state index in [-0.39, 0.29) is 5.91 Å². The molecule has 0 aromatic carbocycles. The van der Waals surface area contributed by atoms with Gasteiger partial charge in [-0.25, -0.2) is 0 Å². The summed E-state index contributed by atoms with van der Waals surface area (Å²) in [5.41, 5.74) is 0. The first kappa shape index (κ1) is 13.9. The van der Waals surface area contributed by atoms with Crippen molar-refractivity contribution < 1.29 is 4.79 Å². The van der Waals surface area contributed by atoms with Crippen LogP contribution in [0.5, 0.6) is 0 Å². The fourth-order valence-corrected chi connectivity index (χ4v) is 1.32. The molecule has 86 valence electrons. The second kappa shape index (κ2) is 8.25. The van der Waals surface area contributed by atoms with E-state index >= 15 is 0 Å². The Kier molecular flexibility index (Phi) is 7.65. The first-order chi connectivity index (χ1) is 7.15. The van der Waals surface area contributed by atoms with Gasteiger partial charge in [0.2, 0.25) is 5.91 Å². The van der Waals surface area contributed by atoms with E-state index in [2.05, 4.69) is 18.7 Å².